The SMILES string of the molecule is COc1cc2c(cc1OC)C(=O)C(C)CCC2. The van der Waals surface area contributed by atoms with Crippen molar-refractivity contribution in [1.82, 2.24) is 0 Å². The van der Waals surface area contributed by atoms with Crippen LogP contribution in [0.1, 0.15) is 35.7 Å². The first-order valence-corrected chi connectivity index (χ1v) is 5.96. The van der Waals surface area contributed by atoms with Gasteiger partial charge in [0.25, 0.3) is 0 Å². The number of Topliss-reactive ketones (excluding diaryl/α,β-unsaturated/α-hetero) is 1. The van der Waals surface area contributed by atoms with E-state index in [4.69, 9.17) is 9.47 Å². The molecule has 0 aliphatic heterocycles. The normalized spacial score (nSPS) is 19.5. The number of aryl methyl sites for hydroxylation is 1. The van der Waals surface area contributed by atoms with Crippen molar-refractivity contribution in [2.24, 2.45) is 5.92 Å². The molecule has 0 spiro atoms. The smallest absolute Gasteiger partial charge is 0.166 e. The molecule has 0 saturated heterocycles. The van der Waals surface area contributed by atoms with Gasteiger partial charge in [-0.05, 0) is 37.0 Å². The van der Waals surface area contributed by atoms with Crippen molar-refractivity contribution in [1.29, 1.82) is 0 Å². The Bertz CT molecular complexity index is 437. The van der Waals surface area contributed by atoms with Crippen LogP contribution in [0, 0.1) is 5.92 Å². The predicted molar refractivity (Wildman–Crippen MR) is 66.0 cm³/mol. The topological polar surface area (TPSA) is 35.5 Å². The average Bonchev–Trinajstić information content (AvgIpc) is 2.48. The number of ketones is 1. The third-order valence-electron chi connectivity index (χ3n) is 3.41. The third-order valence-corrected chi connectivity index (χ3v) is 3.41. The van der Waals surface area contributed by atoms with Crippen LogP contribution in [-0.2, 0) is 6.42 Å². The predicted octanol–water partition coefficient (Wildman–Crippen LogP) is 2.86. The van der Waals surface area contributed by atoms with E-state index in [0.717, 1.165) is 30.4 Å². The number of ether oxygens (including phenoxy) is 2. The van der Waals surface area contributed by atoms with E-state index in [1.54, 1.807) is 14.2 Å². The Morgan fingerprint density at radius 3 is 2.47 bits per heavy atom. The summed E-state index contributed by atoms with van der Waals surface area (Å²) in [6, 6.07) is 3.75. The number of hydrogen-bond acceptors (Lipinski definition) is 3. The summed E-state index contributed by atoms with van der Waals surface area (Å²) in [4.78, 5) is 12.2. The van der Waals surface area contributed by atoms with Gasteiger partial charge >= 0.3 is 0 Å². The molecule has 1 aromatic rings. The highest BCUT2D eigenvalue weighted by Crippen LogP contribution is 2.34. The lowest BCUT2D eigenvalue weighted by molar-refractivity contribution is 0.0926. The summed E-state index contributed by atoms with van der Waals surface area (Å²) in [5, 5.41) is 0. The minimum absolute atomic E-state index is 0.106. The lowest BCUT2D eigenvalue weighted by Crippen LogP contribution is -2.10. The average molecular weight is 234 g/mol. The fraction of sp³-hybridized carbons (Fsp3) is 0.500. The fourth-order valence-electron chi connectivity index (χ4n) is 2.35. The highest BCUT2D eigenvalue weighted by atomic mass is 16.5. The van der Waals surface area contributed by atoms with Gasteiger partial charge in [0, 0.05) is 11.5 Å². The molecule has 1 aliphatic rings. The standard InChI is InChI=1S/C14H18O3/c1-9-5-4-6-10-7-12(16-2)13(17-3)8-11(10)14(9)15/h7-9H,4-6H2,1-3H3. The number of benzene rings is 1. The highest BCUT2D eigenvalue weighted by molar-refractivity contribution is 6.00. The molecule has 0 heterocycles. The number of rotatable bonds is 2. The van der Waals surface area contributed by atoms with Gasteiger partial charge in [-0.2, -0.15) is 0 Å². The summed E-state index contributed by atoms with van der Waals surface area (Å²) < 4.78 is 10.5. The van der Waals surface area contributed by atoms with Crippen molar-refractivity contribution in [3.05, 3.63) is 23.3 Å². The Labute approximate surface area is 102 Å². The number of fused-ring (bicyclic) bond motifs is 1. The van der Waals surface area contributed by atoms with Crippen LogP contribution in [0.2, 0.25) is 0 Å². The van der Waals surface area contributed by atoms with Gasteiger partial charge in [-0.1, -0.05) is 6.92 Å². The number of hydrogen-bond donors (Lipinski definition) is 0. The number of carbonyl (C=O) groups is 1. The van der Waals surface area contributed by atoms with E-state index in [9.17, 15) is 4.79 Å². The molecule has 0 bridgehead atoms. The van der Waals surface area contributed by atoms with Crippen molar-refractivity contribution < 1.29 is 14.3 Å². The maximum atomic E-state index is 12.2. The molecule has 0 radical (unpaired) electrons. The monoisotopic (exact) mass is 234 g/mol. The van der Waals surface area contributed by atoms with E-state index in [2.05, 4.69) is 0 Å². The maximum absolute atomic E-state index is 12.2. The lowest BCUT2D eigenvalue weighted by atomic mass is 9.96. The molecule has 3 nitrogen and oxygen atoms in total. The number of carbonyl (C=O) groups excluding carboxylic acids is 1. The van der Waals surface area contributed by atoms with Gasteiger partial charge in [0.05, 0.1) is 14.2 Å². The first-order chi connectivity index (χ1) is 8.17. The molecule has 0 amide bonds. The van der Waals surface area contributed by atoms with E-state index in [-0.39, 0.29) is 11.7 Å². The fourth-order valence-corrected chi connectivity index (χ4v) is 2.35. The van der Waals surface area contributed by atoms with Gasteiger partial charge in [0.1, 0.15) is 0 Å². The molecule has 2 rings (SSSR count). The first kappa shape index (κ1) is 12.0. The van der Waals surface area contributed by atoms with Gasteiger partial charge in [-0.25, -0.2) is 0 Å². The second kappa shape index (κ2) is 4.78. The molecular weight excluding hydrogens is 216 g/mol. The van der Waals surface area contributed by atoms with Crippen LogP contribution in [0.4, 0.5) is 0 Å². The van der Waals surface area contributed by atoms with E-state index in [1.807, 2.05) is 19.1 Å². The molecular formula is C14H18O3. The summed E-state index contributed by atoms with van der Waals surface area (Å²) >= 11 is 0. The maximum Gasteiger partial charge on any atom is 0.166 e. The van der Waals surface area contributed by atoms with Crippen LogP contribution in [0.5, 0.6) is 11.5 Å². The van der Waals surface area contributed by atoms with Gasteiger partial charge in [0.2, 0.25) is 0 Å². The molecule has 1 aromatic carbocycles. The molecule has 17 heavy (non-hydrogen) atoms. The van der Waals surface area contributed by atoms with Crippen LogP contribution in [0.3, 0.4) is 0 Å². The van der Waals surface area contributed by atoms with Crippen LogP contribution in [0.25, 0.3) is 0 Å². The molecule has 3 heteroatoms. The van der Waals surface area contributed by atoms with Gasteiger partial charge in [-0.3, -0.25) is 4.79 Å². The zero-order chi connectivity index (χ0) is 12.4. The number of methoxy groups -OCH3 is 2. The van der Waals surface area contributed by atoms with E-state index < -0.39 is 0 Å². The van der Waals surface area contributed by atoms with E-state index >= 15 is 0 Å². The first-order valence-electron chi connectivity index (χ1n) is 5.96. The lowest BCUT2D eigenvalue weighted by Gasteiger charge is -2.13. The minimum atomic E-state index is 0.106. The molecule has 0 N–H and O–H groups in total. The van der Waals surface area contributed by atoms with Crippen molar-refractivity contribution in [3.63, 3.8) is 0 Å². The molecule has 92 valence electrons. The quantitative estimate of drug-likeness (QED) is 0.738. The summed E-state index contributed by atoms with van der Waals surface area (Å²) in [5.74, 6) is 1.66. The molecule has 1 atom stereocenters. The Morgan fingerprint density at radius 2 is 1.82 bits per heavy atom. The Kier molecular flexibility index (Phi) is 3.36. The van der Waals surface area contributed by atoms with Crippen LogP contribution < -0.4 is 9.47 Å². The van der Waals surface area contributed by atoms with E-state index in [0.29, 0.717) is 11.5 Å². The Morgan fingerprint density at radius 1 is 1.18 bits per heavy atom. The second-order valence-electron chi connectivity index (χ2n) is 4.52. The Balaban J connectivity index is 2.53. The third kappa shape index (κ3) is 2.14. The second-order valence-corrected chi connectivity index (χ2v) is 4.52. The summed E-state index contributed by atoms with van der Waals surface area (Å²) in [6.07, 6.45) is 2.94. The molecule has 0 saturated carbocycles. The summed E-state index contributed by atoms with van der Waals surface area (Å²) in [5.41, 5.74) is 1.88. The van der Waals surface area contributed by atoms with Crippen molar-refractivity contribution in [2.75, 3.05) is 14.2 Å². The molecule has 1 unspecified atom stereocenters. The van der Waals surface area contributed by atoms with Gasteiger partial charge < -0.3 is 9.47 Å². The van der Waals surface area contributed by atoms with Crippen LogP contribution >= 0.6 is 0 Å². The molecule has 1 aliphatic carbocycles. The molecule has 0 aromatic heterocycles. The summed E-state index contributed by atoms with van der Waals surface area (Å²) in [6.45, 7) is 1.99. The zero-order valence-corrected chi connectivity index (χ0v) is 10.6. The largest absolute Gasteiger partial charge is 0.493 e. The Hall–Kier alpha value is -1.51. The van der Waals surface area contributed by atoms with Gasteiger partial charge in [0.15, 0.2) is 17.3 Å². The highest BCUT2D eigenvalue weighted by Gasteiger charge is 2.24. The minimum Gasteiger partial charge on any atom is -0.493 e. The van der Waals surface area contributed by atoms with Crippen molar-refractivity contribution in [2.45, 2.75) is 26.2 Å². The van der Waals surface area contributed by atoms with Gasteiger partial charge in [-0.15, -0.1) is 0 Å². The van der Waals surface area contributed by atoms with Crippen LogP contribution in [0.15, 0.2) is 12.1 Å². The van der Waals surface area contributed by atoms with E-state index in [1.165, 1.54) is 0 Å². The zero-order valence-electron chi connectivity index (χ0n) is 10.6. The van der Waals surface area contributed by atoms with Crippen molar-refractivity contribution in [3.8, 4) is 11.5 Å². The van der Waals surface area contributed by atoms with Crippen molar-refractivity contribution >= 4 is 5.78 Å². The molecule has 0 fully saturated rings. The summed E-state index contributed by atoms with van der Waals surface area (Å²) in [7, 11) is 3.21. The van der Waals surface area contributed by atoms with Crippen LogP contribution in [-0.4, -0.2) is 20.0 Å².